The maximum absolute atomic E-state index is 12.7. The van der Waals surface area contributed by atoms with E-state index < -0.39 is 58.2 Å². The van der Waals surface area contributed by atoms with E-state index in [2.05, 4.69) is 30.3 Å². The van der Waals surface area contributed by atoms with Gasteiger partial charge in [0.25, 0.3) is 7.52 Å². The van der Waals surface area contributed by atoms with Crippen molar-refractivity contribution in [3.8, 4) is 0 Å². The summed E-state index contributed by atoms with van der Waals surface area (Å²) in [4.78, 5) is 54.9. The highest BCUT2D eigenvalue weighted by Crippen LogP contribution is 2.52. The Kier molecular flexibility index (Phi) is 8.05. The first-order valence-electron chi connectivity index (χ1n) is 12.0. The molecule has 0 aliphatic carbocycles. The largest absolute Gasteiger partial charge is 0.444 e. The maximum Gasteiger partial charge on any atom is 0.413 e. The summed E-state index contributed by atoms with van der Waals surface area (Å²) in [7, 11) is -9.27. The zero-order valence-electron chi connectivity index (χ0n) is 20.3. The molecule has 1 amide bonds. The first-order chi connectivity index (χ1) is 18.3. The molecule has 2 bridgehead atoms. The summed E-state index contributed by atoms with van der Waals surface area (Å²) in [6, 6.07) is 0. The van der Waals surface area contributed by atoms with E-state index in [1.54, 1.807) is 0 Å². The van der Waals surface area contributed by atoms with Crippen LogP contribution in [0.2, 0.25) is 5.28 Å². The fraction of sp³-hybridized carbons (Fsp3) is 0.684. The van der Waals surface area contributed by atoms with E-state index in [1.807, 2.05) is 0 Å². The lowest BCUT2D eigenvalue weighted by molar-refractivity contribution is -0.0331. The van der Waals surface area contributed by atoms with Crippen LogP contribution in [-0.4, -0.2) is 112 Å². The highest BCUT2D eigenvalue weighted by molar-refractivity contribution is 7.71. The number of aliphatic hydroxyl groups is 2. The molecule has 17 nitrogen and oxygen atoms in total. The lowest BCUT2D eigenvalue weighted by atomic mass is 9.86. The number of ether oxygens (including phenoxy) is 2. The number of halogens is 1. The van der Waals surface area contributed by atoms with Crippen LogP contribution in [0.15, 0.2) is 6.33 Å². The monoisotopic (exact) mass is 611 g/mol. The van der Waals surface area contributed by atoms with Crippen molar-refractivity contribution in [2.75, 3.05) is 37.4 Å². The lowest BCUT2D eigenvalue weighted by Gasteiger charge is -2.43. The molecule has 0 saturated carbocycles. The molecule has 20 heteroatoms. The van der Waals surface area contributed by atoms with E-state index in [1.165, 1.54) is 10.9 Å². The third-order valence-corrected chi connectivity index (χ3v) is 10.8. The minimum atomic E-state index is -4.80. The van der Waals surface area contributed by atoms with Gasteiger partial charge in [0.1, 0.15) is 30.3 Å². The van der Waals surface area contributed by atoms with Crippen molar-refractivity contribution in [3.05, 3.63) is 11.6 Å². The van der Waals surface area contributed by atoms with Crippen LogP contribution in [0.1, 0.15) is 19.1 Å². The number of aromatic nitrogens is 4. The molecule has 6 heterocycles. The number of aliphatic hydroxyl groups excluding tert-OH is 2. The number of hydrogen-bond donors (Lipinski definition) is 7. The number of anilines is 1. The van der Waals surface area contributed by atoms with Gasteiger partial charge in [0.15, 0.2) is 23.2 Å². The molecule has 4 aliphatic rings. The van der Waals surface area contributed by atoms with Crippen LogP contribution in [0, 0.1) is 5.92 Å². The molecule has 4 saturated heterocycles. The number of nitrogens with zero attached hydrogens (tertiary/aromatic N) is 5. The zero-order chi connectivity index (χ0) is 28.1. The van der Waals surface area contributed by atoms with E-state index in [9.17, 15) is 29.0 Å². The van der Waals surface area contributed by atoms with Gasteiger partial charge in [0.2, 0.25) is 5.28 Å². The number of carbonyl (C=O) groups excluding carboxylic acids is 1. The second-order valence-corrected chi connectivity index (χ2v) is 14.3. The van der Waals surface area contributed by atoms with Crippen LogP contribution in [0.5, 0.6) is 0 Å². The normalized spacial score (nSPS) is 32.3. The Bertz CT molecular complexity index is 1340. The molecular weight excluding hydrogens is 584 g/mol. The number of nitrogens with one attached hydrogen (secondary N) is 2. The predicted molar refractivity (Wildman–Crippen MR) is 134 cm³/mol. The molecule has 4 fully saturated rings. The predicted octanol–water partition coefficient (Wildman–Crippen LogP) is -0.348. The summed E-state index contributed by atoms with van der Waals surface area (Å²) < 4.78 is 35.7. The third-order valence-electron chi connectivity index (χ3n) is 7.00. The van der Waals surface area contributed by atoms with Gasteiger partial charge >= 0.3 is 13.7 Å². The third kappa shape index (κ3) is 6.44. The smallest absolute Gasteiger partial charge is 0.413 e. The summed E-state index contributed by atoms with van der Waals surface area (Å²) in [6.45, 7) is 2.12. The Morgan fingerprint density at radius 2 is 1.90 bits per heavy atom. The molecule has 6 rings (SSSR count). The number of hydrogen-bond acceptors (Lipinski definition) is 11. The molecule has 2 aromatic heterocycles. The SMILES string of the molecule is O=C(Nc1nc(Cl)nc2c1ncn2[C@@H]1O[C@H](CNP(=O)(O)CP(=O)(O)O)C(O)C1O)OC1CN2CCC1CC2. The molecule has 2 aromatic rings. The molecule has 0 spiro atoms. The first kappa shape index (κ1) is 28.8. The Morgan fingerprint density at radius 3 is 2.54 bits per heavy atom. The van der Waals surface area contributed by atoms with Crippen molar-refractivity contribution in [1.82, 2.24) is 29.5 Å². The number of imidazole rings is 1. The molecule has 0 aromatic carbocycles. The van der Waals surface area contributed by atoms with Gasteiger partial charge in [-0.3, -0.25) is 23.9 Å². The first-order valence-corrected chi connectivity index (χ1v) is 16.0. The summed E-state index contributed by atoms with van der Waals surface area (Å²) in [6.07, 6.45) is -3.48. The standard InChI is InChI=1S/C19H28ClN7O10P2/c20-18-23-15(24-19(30)37-11-6-26-3-1-9(11)2-4-26)12-16(25-18)27(7-21-12)17-14(29)13(28)10(36-17)5-22-38(31,32)8-39(33,34)35/h7,9-11,13-14,17,28-29H,1-6,8H2,(H2,22,31,32)(H2,33,34,35)(H,23,24,25,30)/t10-,11?,13?,14?,17-/m1/s1. The van der Waals surface area contributed by atoms with Gasteiger partial charge in [-0.2, -0.15) is 9.97 Å². The Hall–Kier alpha value is -1.75. The van der Waals surface area contributed by atoms with Crippen LogP contribution in [0.3, 0.4) is 0 Å². The van der Waals surface area contributed by atoms with E-state index >= 15 is 0 Å². The van der Waals surface area contributed by atoms with Crippen molar-refractivity contribution < 1.29 is 48.3 Å². The molecule has 6 atom stereocenters. The molecule has 0 radical (unpaired) electrons. The van der Waals surface area contributed by atoms with E-state index in [4.69, 9.17) is 30.9 Å². The maximum atomic E-state index is 12.7. The average molecular weight is 612 g/mol. The second kappa shape index (κ2) is 10.9. The Morgan fingerprint density at radius 1 is 1.18 bits per heavy atom. The van der Waals surface area contributed by atoms with E-state index in [-0.39, 0.29) is 28.4 Å². The van der Waals surface area contributed by atoms with Crippen LogP contribution in [0.25, 0.3) is 11.2 Å². The lowest BCUT2D eigenvalue weighted by Crippen LogP contribution is -2.52. The van der Waals surface area contributed by atoms with Crippen molar-refractivity contribution in [3.63, 3.8) is 0 Å². The summed E-state index contributed by atoms with van der Waals surface area (Å²) in [5.74, 6) is -1.06. The van der Waals surface area contributed by atoms with Crippen molar-refractivity contribution in [2.45, 2.75) is 43.5 Å². The van der Waals surface area contributed by atoms with Gasteiger partial charge in [0.05, 0.1) is 6.33 Å². The van der Waals surface area contributed by atoms with Crippen LogP contribution >= 0.6 is 26.7 Å². The Labute approximate surface area is 226 Å². The topological polar surface area (TPSA) is 242 Å². The van der Waals surface area contributed by atoms with Crippen molar-refractivity contribution in [1.29, 1.82) is 0 Å². The van der Waals surface area contributed by atoms with Crippen LogP contribution < -0.4 is 10.4 Å². The Balaban J connectivity index is 1.29. The summed E-state index contributed by atoms with van der Waals surface area (Å²) >= 11 is 6.09. The number of rotatable bonds is 8. The number of amides is 1. The van der Waals surface area contributed by atoms with Gasteiger partial charge in [-0.15, -0.1) is 0 Å². The van der Waals surface area contributed by atoms with E-state index in [0.29, 0.717) is 12.5 Å². The van der Waals surface area contributed by atoms with Crippen LogP contribution in [0.4, 0.5) is 10.6 Å². The fourth-order valence-corrected chi connectivity index (χ4v) is 8.16. The number of carbonyl (C=O) groups is 1. The fourth-order valence-electron chi connectivity index (χ4n) is 5.13. The number of piperidine rings is 3. The summed E-state index contributed by atoms with van der Waals surface area (Å²) in [5.41, 5.74) is 0.144. The second-order valence-electron chi connectivity index (χ2n) is 9.79. The molecule has 39 heavy (non-hydrogen) atoms. The van der Waals surface area contributed by atoms with E-state index in [0.717, 1.165) is 25.9 Å². The minimum Gasteiger partial charge on any atom is -0.444 e. The van der Waals surface area contributed by atoms with Gasteiger partial charge in [-0.25, -0.2) is 14.9 Å². The highest BCUT2D eigenvalue weighted by Gasteiger charge is 2.45. The van der Waals surface area contributed by atoms with Gasteiger partial charge in [0, 0.05) is 13.1 Å². The van der Waals surface area contributed by atoms with Crippen molar-refractivity contribution >= 4 is 49.8 Å². The minimum absolute atomic E-state index is 0.0417. The quantitative estimate of drug-likeness (QED) is 0.149. The highest BCUT2D eigenvalue weighted by atomic mass is 35.5. The van der Waals surface area contributed by atoms with Gasteiger partial charge < -0.3 is 34.4 Å². The molecule has 4 unspecified atom stereocenters. The molecular formula is C19H28ClN7O10P2. The van der Waals surface area contributed by atoms with Gasteiger partial charge in [-0.1, -0.05) is 0 Å². The average Bonchev–Trinajstić information content (AvgIpc) is 3.38. The molecule has 216 valence electrons. The zero-order valence-corrected chi connectivity index (χ0v) is 22.8. The summed E-state index contributed by atoms with van der Waals surface area (Å²) in [5, 5.41) is 25.4. The van der Waals surface area contributed by atoms with Crippen molar-refractivity contribution in [2.24, 2.45) is 5.92 Å². The number of fused-ring (bicyclic) bond motifs is 4. The molecule has 7 N–H and O–H groups in total. The molecule has 4 aliphatic heterocycles. The van der Waals surface area contributed by atoms with Gasteiger partial charge in [-0.05, 0) is 43.5 Å². The van der Waals surface area contributed by atoms with Crippen LogP contribution in [-0.2, 0) is 18.6 Å².